The average Bonchev–Trinajstić information content (AvgIpc) is 3.37. The van der Waals surface area contributed by atoms with Gasteiger partial charge in [-0.25, -0.2) is 13.1 Å². The Morgan fingerprint density at radius 3 is 2.72 bits per heavy atom. The predicted molar refractivity (Wildman–Crippen MR) is 126 cm³/mol. The van der Waals surface area contributed by atoms with Crippen molar-refractivity contribution >= 4 is 21.4 Å². The lowest BCUT2D eigenvalue weighted by Crippen LogP contribution is -2.30. The molecule has 170 valence electrons. The van der Waals surface area contributed by atoms with Gasteiger partial charge in [0.2, 0.25) is 10.0 Å². The first-order valence-electron chi connectivity index (χ1n) is 10.6. The third-order valence-corrected chi connectivity index (χ3v) is 7.76. The molecule has 1 atom stereocenters. The third-order valence-electron chi connectivity index (χ3n) is 5.39. The average molecular weight is 474 g/mol. The highest BCUT2D eigenvalue weighted by Gasteiger charge is 2.29. The summed E-state index contributed by atoms with van der Waals surface area (Å²) in [5.74, 6) is 0.572. The minimum Gasteiger partial charge on any atom is -0.491 e. The molecule has 2 aromatic carbocycles. The fourth-order valence-electron chi connectivity index (χ4n) is 3.99. The van der Waals surface area contributed by atoms with Gasteiger partial charge in [0.25, 0.3) is 0 Å². The molecule has 0 amide bonds. The van der Waals surface area contributed by atoms with Crippen molar-refractivity contribution < 1.29 is 18.3 Å². The molecule has 0 bridgehead atoms. The minimum atomic E-state index is -3.52. The van der Waals surface area contributed by atoms with Gasteiger partial charge in [-0.2, -0.15) is 0 Å². The van der Waals surface area contributed by atoms with E-state index in [0.717, 1.165) is 50.0 Å². The fraction of sp³-hybridized carbons (Fsp3) is 0.391. The molecule has 0 spiro atoms. The van der Waals surface area contributed by atoms with E-state index >= 15 is 0 Å². The number of aliphatic hydroxyl groups is 1. The molecule has 1 aliphatic carbocycles. The third kappa shape index (κ3) is 4.85. The molecule has 0 saturated carbocycles. The Labute approximate surface area is 192 Å². The highest BCUT2D eigenvalue weighted by molar-refractivity contribution is 7.89. The largest absolute Gasteiger partial charge is 0.491 e. The SMILES string of the molecule is Cc1cc(-c2nnc(-c3cccc4c3CC[C@@H]4NS(=O)(=O)CCO)s2)ccc1OC(C)C. The van der Waals surface area contributed by atoms with Gasteiger partial charge >= 0.3 is 0 Å². The van der Waals surface area contributed by atoms with Gasteiger partial charge in [-0.3, -0.25) is 0 Å². The summed E-state index contributed by atoms with van der Waals surface area (Å²) in [4.78, 5) is 0. The number of aryl methyl sites for hydroxylation is 1. The lowest BCUT2D eigenvalue weighted by molar-refractivity contribution is 0.241. The van der Waals surface area contributed by atoms with Gasteiger partial charge in [-0.15, -0.1) is 10.2 Å². The highest BCUT2D eigenvalue weighted by atomic mass is 32.2. The Morgan fingerprint density at radius 1 is 1.22 bits per heavy atom. The number of fused-ring (bicyclic) bond motifs is 1. The van der Waals surface area contributed by atoms with E-state index < -0.39 is 16.6 Å². The fourth-order valence-corrected chi connectivity index (χ4v) is 5.92. The van der Waals surface area contributed by atoms with Gasteiger partial charge in [-0.1, -0.05) is 29.5 Å². The maximum Gasteiger partial charge on any atom is 0.214 e. The van der Waals surface area contributed by atoms with Crippen molar-refractivity contribution in [1.82, 2.24) is 14.9 Å². The summed E-state index contributed by atoms with van der Waals surface area (Å²) in [5, 5.41) is 19.5. The number of rotatable bonds is 8. The summed E-state index contributed by atoms with van der Waals surface area (Å²) < 4.78 is 32.8. The Morgan fingerprint density at radius 2 is 2.00 bits per heavy atom. The summed E-state index contributed by atoms with van der Waals surface area (Å²) in [6.45, 7) is 5.63. The first kappa shape index (κ1) is 22.8. The number of benzene rings is 2. The lowest BCUT2D eigenvalue weighted by Gasteiger charge is -2.14. The minimum absolute atomic E-state index is 0.116. The zero-order valence-electron chi connectivity index (χ0n) is 18.3. The van der Waals surface area contributed by atoms with Crippen molar-refractivity contribution in [3.63, 3.8) is 0 Å². The number of hydrogen-bond acceptors (Lipinski definition) is 7. The summed E-state index contributed by atoms with van der Waals surface area (Å²) in [6, 6.07) is 11.6. The molecular weight excluding hydrogens is 446 g/mol. The van der Waals surface area contributed by atoms with Gasteiger partial charge in [-0.05, 0) is 68.5 Å². The zero-order chi connectivity index (χ0) is 22.9. The van der Waals surface area contributed by atoms with E-state index in [0.29, 0.717) is 6.42 Å². The van der Waals surface area contributed by atoms with E-state index in [4.69, 9.17) is 9.84 Å². The Hall–Kier alpha value is -2.33. The highest BCUT2D eigenvalue weighted by Crippen LogP contribution is 2.40. The van der Waals surface area contributed by atoms with Crippen LogP contribution in [0.15, 0.2) is 36.4 Å². The number of aliphatic hydroxyl groups excluding tert-OH is 1. The monoisotopic (exact) mass is 473 g/mol. The van der Waals surface area contributed by atoms with Crippen LogP contribution in [0.5, 0.6) is 5.75 Å². The van der Waals surface area contributed by atoms with Crippen molar-refractivity contribution in [2.75, 3.05) is 12.4 Å². The first-order chi connectivity index (χ1) is 15.3. The Balaban J connectivity index is 1.60. The zero-order valence-corrected chi connectivity index (χ0v) is 20.0. The summed E-state index contributed by atoms with van der Waals surface area (Å²) in [7, 11) is -3.52. The van der Waals surface area contributed by atoms with E-state index in [1.807, 2.05) is 51.1 Å². The molecule has 9 heteroatoms. The Kier molecular flexibility index (Phi) is 6.62. The molecule has 0 saturated heterocycles. The van der Waals surface area contributed by atoms with Crippen LogP contribution in [0.4, 0.5) is 0 Å². The Bertz CT molecular complexity index is 1220. The topological polar surface area (TPSA) is 101 Å². The molecule has 3 aromatic rings. The van der Waals surface area contributed by atoms with Gasteiger partial charge in [0.1, 0.15) is 15.8 Å². The van der Waals surface area contributed by atoms with Gasteiger partial charge in [0.15, 0.2) is 0 Å². The lowest BCUT2D eigenvalue weighted by atomic mass is 10.0. The number of aromatic nitrogens is 2. The number of nitrogens with zero attached hydrogens (tertiary/aromatic N) is 2. The maximum atomic E-state index is 12.1. The standard InChI is InChI=1S/C23H27N3O4S2/c1-14(2)30-21-10-7-16(13-15(21)3)22-24-25-23(31-22)19-6-4-5-18-17(19)8-9-20(18)26-32(28,29)12-11-27/h4-7,10,13-14,20,26-27H,8-9,11-12H2,1-3H3/t20-/m0/s1. The second kappa shape index (κ2) is 9.27. The summed E-state index contributed by atoms with van der Waals surface area (Å²) in [5.41, 5.74) is 5.10. The second-order valence-electron chi connectivity index (χ2n) is 8.18. The smallest absolute Gasteiger partial charge is 0.214 e. The van der Waals surface area contributed by atoms with Crippen LogP contribution in [0.3, 0.4) is 0 Å². The van der Waals surface area contributed by atoms with E-state index in [1.165, 1.54) is 11.3 Å². The molecule has 0 unspecified atom stereocenters. The second-order valence-corrected chi connectivity index (χ2v) is 11.0. The van der Waals surface area contributed by atoms with Crippen LogP contribution >= 0.6 is 11.3 Å². The van der Waals surface area contributed by atoms with Crippen LogP contribution in [-0.4, -0.2) is 42.2 Å². The van der Waals surface area contributed by atoms with Crippen LogP contribution in [0, 0.1) is 6.92 Å². The van der Waals surface area contributed by atoms with Crippen molar-refractivity contribution in [1.29, 1.82) is 0 Å². The summed E-state index contributed by atoms with van der Waals surface area (Å²) in [6.07, 6.45) is 1.55. The van der Waals surface area contributed by atoms with Crippen molar-refractivity contribution in [3.05, 3.63) is 53.1 Å². The molecule has 32 heavy (non-hydrogen) atoms. The van der Waals surface area contributed by atoms with Gasteiger partial charge in [0.05, 0.1) is 18.5 Å². The quantitative estimate of drug-likeness (QED) is 0.515. The van der Waals surface area contributed by atoms with Gasteiger partial charge < -0.3 is 9.84 Å². The van der Waals surface area contributed by atoms with Crippen molar-refractivity contribution in [2.45, 2.75) is 45.8 Å². The number of ether oxygens (including phenoxy) is 1. The van der Waals surface area contributed by atoms with Crippen molar-refractivity contribution in [3.8, 4) is 26.9 Å². The van der Waals surface area contributed by atoms with Crippen LogP contribution in [0.25, 0.3) is 21.1 Å². The van der Waals surface area contributed by atoms with Crippen LogP contribution in [0.2, 0.25) is 0 Å². The van der Waals surface area contributed by atoms with Crippen LogP contribution < -0.4 is 9.46 Å². The molecule has 4 rings (SSSR count). The van der Waals surface area contributed by atoms with Gasteiger partial charge in [0, 0.05) is 17.2 Å². The maximum absolute atomic E-state index is 12.1. The first-order valence-corrected chi connectivity index (χ1v) is 13.1. The molecule has 1 aromatic heterocycles. The number of hydrogen-bond donors (Lipinski definition) is 2. The van der Waals surface area contributed by atoms with Crippen LogP contribution in [-0.2, 0) is 16.4 Å². The van der Waals surface area contributed by atoms with E-state index in [2.05, 4.69) is 21.0 Å². The van der Waals surface area contributed by atoms with Crippen molar-refractivity contribution in [2.24, 2.45) is 0 Å². The molecule has 0 fully saturated rings. The predicted octanol–water partition coefficient (Wildman–Crippen LogP) is 3.87. The van der Waals surface area contributed by atoms with Crippen LogP contribution in [0.1, 0.15) is 43.0 Å². The molecule has 1 aliphatic rings. The molecule has 7 nitrogen and oxygen atoms in total. The molecule has 1 heterocycles. The molecular formula is C23H27N3O4S2. The molecule has 2 N–H and O–H groups in total. The molecule has 0 radical (unpaired) electrons. The number of nitrogens with one attached hydrogen (secondary N) is 1. The van der Waals surface area contributed by atoms with E-state index in [9.17, 15) is 8.42 Å². The summed E-state index contributed by atoms with van der Waals surface area (Å²) >= 11 is 1.52. The van der Waals surface area contributed by atoms with E-state index in [-0.39, 0.29) is 17.9 Å². The normalized spacial score (nSPS) is 15.8. The molecule has 0 aliphatic heterocycles. The van der Waals surface area contributed by atoms with E-state index in [1.54, 1.807) is 0 Å². The number of sulfonamides is 1.